The maximum absolute atomic E-state index is 12.2. The summed E-state index contributed by atoms with van der Waals surface area (Å²) in [7, 11) is 0. The molecule has 1 aliphatic heterocycles. The molecule has 19 heavy (non-hydrogen) atoms. The van der Waals surface area contributed by atoms with Gasteiger partial charge >= 0.3 is 0 Å². The van der Waals surface area contributed by atoms with E-state index in [1.807, 2.05) is 13.0 Å². The summed E-state index contributed by atoms with van der Waals surface area (Å²) in [5, 5.41) is 6.28. The summed E-state index contributed by atoms with van der Waals surface area (Å²) >= 11 is 0. The van der Waals surface area contributed by atoms with E-state index in [4.69, 9.17) is 4.74 Å². The Hall–Kier alpha value is -1.62. The molecule has 0 aromatic carbocycles. The summed E-state index contributed by atoms with van der Waals surface area (Å²) in [6, 6.07) is 4.01. The van der Waals surface area contributed by atoms with Crippen LogP contribution in [-0.2, 0) is 4.79 Å². The smallest absolute Gasteiger partial charge is 0.237 e. The summed E-state index contributed by atoms with van der Waals surface area (Å²) in [4.78, 5) is 16.4. The van der Waals surface area contributed by atoms with Crippen molar-refractivity contribution in [2.45, 2.75) is 32.7 Å². The van der Waals surface area contributed by atoms with E-state index in [0.717, 1.165) is 19.4 Å². The normalized spacial score (nSPS) is 22.8. The summed E-state index contributed by atoms with van der Waals surface area (Å²) in [6.45, 7) is 5.43. The highest BCUT2D eigenvalue weighted by molar-refractivity contribution is 5.93. The number of rotatable bonds is 4. The Bertz CT molecular complexity index is 436. The van der Waals surface area contributed by atoms with Crippen LogP contribution in [0.15, 0.2) is 18.3 Å². The SMILES string of the molecule is CCOc1ncccc1NC(=O)C1CCNC(C)C1. The van der Waals surface area contributed by atoms with Gasteiger partial charge in [0.25, 0.3) is 0 Å². The summed E-state index contributed by atoms with van der Waals surface area (Å²) in [5.74, 6) is 0.605. The Balaban J connectivity index is 2.02. The van der Waals surface area contributed by atoms with E-state index in [9.17, 15) is 4.79 Å². The van der Waals surface area contributed by atoms with Gasteiger partial charge in [0.05, 0.1) is 6.61 Å². The topological polar surface area (TPSA) is 63.2 Å². The van der Waals surface area contributed by atoms with Crippen molar-refractivity contribution in [1.82, 2.24) is 10.3 Å². The van der Waals surface area contributed by atoms with E-state index in [2.05, 4.69) is 22.5 Å². The highest BCUT2D eigenvalue weighted by Gasteiger charge is 2.25. The Morgan fingerprint density at radius 2 is 2.47 bits per heavy atom. The molecule has 1 aliphatic rings. The minimum atomic E-state index is 0.0577. The molecule has 1 saturated heterocycles. The third-order valence-electron chi connectivity index (χ3n) is 3.30. The van der Waals surface area contributed by atoms with Crippen molar-refractivity contribution < 1.29 is 9.53 Å². The lowest BCUT2D eigenvalue weighted by atomic mass is 9.92. The van der Waals surface area contributed by atoms with Crippen LogP contribution in [0.25, 0.3) is 0 Å². The number of anilines is 1. The Morgan fingerprint density at radius 1 is 1.63 bits per heavy atom. The van der Waals surface area contributed by atoms with Crippen molar-refractivity contribution in [3.8, 4) is 5.88 Å². The third kappa shape index (κ3) is 3.67. The van der Waals surface area contributed by atoms with Gasteiger partial charge in [0.2, 0.25) is 11.8 Å². The molecule has 0 radical (unpaired) electrons. The van der Waals surface area contributed by atoms with Crippen LogP contribution in [0.4, 0.5) is 5.69 Å². The van der Waals surface area contributed by atoms with E-state index in [0.29, 0.717) is 24.2 Å². The predicted molar refractivity (Wildman–Crippen MR) is 74.2 cm³/mol. The van der Waals surface area contributed by atoms with Gasteiger partial charge in [-0.25, -0.2) is 4.98 Å². The largest absolute Gasteiger partial charge is 0.476 e. The van der Waals surface area contributed by atoms with Crippen LogP contribution < -0.4 is 15.4 Å². The minimum Gasteiger partial charge on any atom is -0.476 e. The van der Waals surface area contributed by atoms with Crippen LogP contribution in [0.3, 0.4) is 0 Å². The number of hydrogen-bond donors (Lipinski definition) is 2. The molecule has 0 spiro atoms. The van der Waals surface area contributed by atoms with E-state index in [1.54, 1.807) is 12.3 Å². The van der Waals surface area contributed by atoms with Crippen LogP contribution in [-0.4, -0.2) is 30.1 Å². The highest BCUT2D eigenvalue weighted by atomic mass is 16.5. The van der Waals surface area contributed by atoms with Crippen molar-refractivity contribution in [3.63, 3.8) is 0 Å². The van der Waals surface area contributed by atoms with Crippen molar-refractivity contribution >= 4 is 11.6 Å². The minimum absolute atomic E-state index is 0.0577. The molecule has 5 nitrogen and oxygen atoms in total. The third-order valence-corrected chi connectivity index (χ3v) is 3.30. The lowest BCUT2D eigenvalue weighted by Crippen LogP contribution is -2.40. The van der Waals surface area contributed by atoms with E-state index in [-0.39, 0.29) is 11.8 Å². The van der Waals surface area contributed by atoms with E-state index < -0.39 is 0 Å². The van der Waals surface area contributed by atoms with Gasteiger partial charge in [-0.15, -0.1) is 0 Å². The standard InChI is InChI=1S/C14H21N3O2/c1-3-19-14-12(5-4-7-16-14)17-13(18)11-6-8-15-10(2)9-11/h4-5,7,10-11,15H,3,6,8-9H2,1-2H3,(H,17,18). The number of nitrogens with zero attached hydrogens (tertiary/aromatic N) is 1. The van der Waals surface area contributed by atoms with E-state index in [1.165, 1.54) is 0 Å². The highest BCUT2D eigenvalue weighted by Crippen LogP contribution is 2.23. The molecule has 2 heterocycles. The second kappa shape index (κ2) is 6.52. The Kier molecular flexibility index (Phi) is 4.74. The molecular weight excluding hydrogens is 242 g/mol. The fourth-order valence-electron chi connectivity index (χ4n) is 2.34. The quantitative estimate of drug-likeness (QED) is 0.869. The molecule has 0 aliphatic carbocycles. The molecule has 2 atom stereocenters. The zero-order valence-corrected chi connectivity index (χ0v) is 11.5. The van der Waals surface area contributed by atoms with Gasteiger partial charge in [0.1, 0.15) is 5.69 Å². The number of carbonyl (C=O) groups excluding carboxylic acids is 1. The number of nitrogens with one attached hydrogen (secondary N) is 2. The summed E-state index contributed by atoms with van der Waals surface area (Å²) in [6.07, 6.45) is 3.41. The molecule has 1 fully saturated rings. The van der Waals surface area contributed by atoms with Crippen LogP contribution >= 0.6 is 0 Å². The number of carbonyl (C=O) groups is 1. The number of aromatic nitrogens is 1. The molecule has 2 N–H and O–H groups in total. The van der Waals surface area contributed by atoms with Gasteiger partial charge in [-0.2, -0.15) is 0 Å². The van der Waals surface area contributed by atoms with Crippen molar-refractivity contribution in [3.05, 3.63) is 18.3 Å². The van der Waals surface area contributed by atoms with Crippen LogP contribution in [0.5, 0.6) is 5.88 Å². The maximum Gasteiger partial charge on any atom is 0.237 e. The summed E-state index contributed by atoms with van der Waals surface area (Å²) in [5.41, 5.74) is 0.653. The fourth-order valence-corrected chi connectivity index (χ4v) is 2.34. The zero-order chi connectivity index (χ0) is 13.7. The molecule has 5 heteroatoms. The molecular formula is C14H21N3O2. The number of pyridine rings is 1. The van der Waals surface area contributed by atoms with Crippen molar-refractivity contribution in [2.24, 2.45) is 5.92 Å². The first kappa shape index (κ1) is 13.8. The first-order valence-electron chi connectivity index (χ1n) is 6.82. The number of ether oxygens (including phenoxy) is 1. The lowest BCUT2D eigenvalue weighted by Gasteiger charge is -2.27. The van der Waals surface area contributed by atoms with Crippen LogP contribution in [0.2, 0.25) is 0 Å². The molecule has 1 aromatic heterocycles. The molecule has 2 rings (SSSR count). The van der Waals surface area contributed by atoms with Gasteiger partial charge in [0, 0.05) is 18.2 Å². The summed E-state index contributed by atoms with van der Waals surface area (Å²) < 4.78 is 5.41. The average molecular weight is 263 g/mol. The van der Waals surface area contributed by atoms with E-state index >= 15 is 0 Å². The van der Waals surface area contributed by atoms with Gasteiger partial charge in [0.15, 0.2) is 0 Å². The second-order valence-corrected chi connectivity index (χ2v) is 4.85. The van der Waals surface area contributed by atoms with Crippen molar-refractivity contribution in [1.29, 1.82) is 0 Å². The molecule has 2 unspecified atom stereocenters. The molecule has 0 bridgehead atoms. The number of amides is 1. The fraction of sp³-hybridized carbons (Fsp3) is 0.571. The molecule has 1 aromatic rings. The second-order valence-electron chi connectivity index (χ2n) is 4.85. The van der Waals surface area contributed by atoms with Gasteiger partial charge in [-0.05, 0) is 45.4 Å². The number of hydrogen-bond acceptors (Lipinski definition) is 4. The van der Waals surface area contributed by atoms with Gasteiger partial charge < -0.3 is 15.4 Å². The average Bonchev–Trinajstić information content (AvgIpc) is 2.41. The van der Waals surface area contributed by atoms with Gasteiger partial charge in [-0.3, -0.25) is 4.79 Å². The van der Waals surface area contributed by atoms with Crippen LogP contribution in [0.1, 0.15) is 26.7 Å². The molecule has 0 saturated carbocycles. The number of piperidine rings is 1. The first-order valence-corrected chi connectivity index (χ1v) is 6.82. The van der Waals surface area contributed by atoms with Gasteiger partial charge in [-0.1, -0.05) is 0 Å². The first-order chi connectivity index (χ1) is 9.20. The predicted octanol–water partition coefficient (Wildman–Crippen LogP) is 1.81. The van der Waals surface area contributed by atoms with Crippen molar-refractivity contribution in [2.75, 3.05) is 18.5 Å². The maximum atomic E-state index is 12.2. The van der Waals surface area contributed by atoms with Crippen LogP contribution in [0, 0.1) is 5.92 Å². The Morgan fingerprint density at radius 3 is 3.21 bits per heavy atom. The zero-order valence-electron chi connectivity index (χ0n) is 11.5. The molecule has 1 amide bonds. The molecule has 104 valence electrons. The Labute approximate surface area is 113 Å². The monoisotopic (exact) mass is 263 g/mol. The lowest BCUT2D eigenvalue weighted by molar-refractivity contribution is -0.120.